The molecule has 0 aromatic rings. The molecule has 0 amide bonds. The van der Waals surface area contributed by atoms with Crippen LogP contribution in [-0.2, 0) is 19.1 Å². The van der Waals surface area contributed by atoms with Gasteiger partial charge in [-0.3, -0.25) is 9.59 Å². The molecule has 2 atom stereocenters. The van der Waals surface area contributed by atoms with Crippen LogP contribution in [0.4, 0.5) is 0 Å². The van der Waals surface area contributed by atoms with E-state index in [0.717, 1.165) is 6.42 Å². The van der Waals surface area contributed by atoms with E-state index < -0.39 is 0 Å². The lowest BCUT2D eigenvalue weighted by Gasteiger charge is -2.11. The fourth-order valence-electron chi connectivity index (χ4n) is 1.18. The summed E-state index contributed by atoms with van der Waals surface area (Å²) in [7, 11) is 0. The number of hydrogen-bond acceptors (Lipinski definition) is 4. The lowest BCUT2D eigenvalue weighted by Crippen LogP contribution is -2.20. The maximum atomic E-state index is 11.3. The fourth-order valence-corrected chi connectivity index (χ4v) is 2.09. The van der Waals surface area contributed by atoms with Crippen molar-refractivity contribution in [1.29, 1.82) is 0 Å². The molecule has 0 fully saturated rings. The molecule has 100 valence electrons. The van der Waals surface area contributed by atoms with E-state index in [9.17, 15) is 9.59 Å². The van der Waals surface area contributed by atoms with Crippen LogP contribution >= 0.6 is 31.9 Å². The van der Waals surface area contributed by atoms with Gasteiger partial charge in [-0.2, -0.15) is 0 Å². The van der Waals surface area contributed by atoms with Crippen molar-refractivity contribution in [2.45, 2.75) is 42.8 Å². The predicted octanol–water partition coefficient (Wildman–Crippen LogP) is 2.81. The summed E-state index contributed by atoms with van der Waals surface area (Å²) in [6, 6.07) is 0. The Morgan fingerprint density at radius 2 is 1.29 bits per heavy atom. The van der Waals surface area contributed by atoms with Gasteiger partial charge < -0.3 is 9.47 Å². The molecule has 0 aliphatic heterocycles. The van der Waals surface area contributed by atoms with E-state index >= 15 is 0 Å². The Labute approximate surface area is 119 Å². The van der Waals surface area contributed by atoms with Crippen molar-refractivity contribution in [3.05, 3.63) is 0 Å². The van der Waals surface area contributed by atoms with Crippen LogP contribution in [-0.4, -0.2) is 34.8 Å². The summed E-state index contributed by atoms with van der Waals surface area (Å²) in [6.45, 7) is 4.30. The minimum Gasteiger partial charge on any atom is -0.465 e. The Morgan fingerprint density at radius 1 is 0.941 bits per heavy atom. The zero-order chi connectivity index (χ0) is 13.3. The molecule has 0 N–H and O–H groups in total. The van der Waals surface area contributed by atoms with Crippen LogP contribution < -0.4 is 0 Å². The van der Waals surface area contributed by atoms with Crippen molar-refractivity contribution in [3.8, 4) is 0 Å². The first-order chi connectivity index (χ1) is 8.02. The summed E-state index contributed by atoms with van der Waals surface area (Å²) in [4.78, 5) is 22.0. The zero-order valence-electron chi connectivity index (χ0n) is 10.1. The third kappa shape index (κ3) is 7.76. The van der Waals surface area contributed by atoms with Crippen molar-refractivity contribution in [3.63, 3.8) is 0 Å². The highest BCUT2D eigenvalue weighted by atomic mass is 79.9. The standard InChI is InChI=1S/C11H18Br2O4/c1-3-16-10(14)8(12)6-5-7-9(13)11(15)17-4-2/h8-9H,3-7H2,1-2H3. The molecule has 2 unspecified atom stereocenters. The van der Waals surface area contributed by atoms with Crippen LogP contribution in [0.1, 0.15) is 33.1 Å². The molecule has 0 aromatic heterocycles. The Hall–Kier alpha value is -0.100. The average molecular weight is 374 g/mol. The molecule has 0 spiro atoms. The van der Waals surface area contributed by atoms with E-state index in [1.807, 2.05) is 0 Å². The topological polar surface area (TPSA) is 52.6 Å². The molecule has 17 heavy (non-hydrogen) atoms. The van der Waals surface area contributed by atoms with E-state index in [0.29, 0.717) is 26.1 Å². The van der Waals surface area contributed by atoms with Gasteiger partial charge in [0.25, 0.3) is 0 Å². The second kappa shape index (κ2) is 9.88. The van der Waals surface area contributed by atoms with Gasteiger partial charge in [0, 0.05) is 0 Å². The van der Waals surface area contributed by atoms with Crippen molar-refractivity contribution in [2.24, 2.45) is 0 Å². The van der Waals surface area contributed by atoms with Gasteiger partial charge in [-0.1, -0.05) is 38.3 Å². The summed E-state index contributed by atoms with van der Waals surface area (Å²) in [5, 5.41) is 0. The minimum absolute atomic E-state index is 0.255. The molecule has 0 aromatic carbocycles. The lowest BCUT2D eigenvalue weighted by atomic mass is 10.1. The lowest BCUT2D eigenvalue weighted by molar-refractivity contribution is -0.142. The molecule has 0 saturated carbocycles. The molecule has 0 rings (SSSR count). The van der Waals surface area contributed by atoms with Crippen molar-refractivity contribution >= 4 is 43.8 Å². The first-order valence-corrected chi connectivity index (χ1v) is 7.47. The highest BCUT2D eigenvalue weighted by Crippen LogP contribution is 2.17. The van der Waals surface area contributed by atoms with Gasteiger partial charge in [0.05, 0.1) is 13.2 Å². The molecule has 6 heteroatoms. The highest BCUT2D eigenvalue weighted by molar-refractivity contribution is 9.10. The maximum absolute atomic E-state index is 11.3. The number of carbonyl (C=O) groups excluding carboxylic acids is 2. The first-order valence-electron chi connectivity index (χ1n) is 5.64. The van der Waals surface area contributed by atoms with Crippen molar-refractivity contribution < 1.29 is 19.1 Å². The number of rotatable bonds is 8. The van der Waals surface area contributed by atoms with Gasteiger partial charge in [0.2, 0.25) is 0 Å². The number of carbonyl (C=O) groups is 2. The van der Waals surface area contributed by atoms with Crippen LogP contribution in [0.25, 0.3) is 0 Å². The molecule has 0 aliphatic carbocycles. The number of hydrogen-bond donors (Lipinski definition) is 0. The Bertz CT molecular complexity index is 222. The van der Waals surface area contributed by atoms with Crippen molar-refractivity contribution in [1.82, 2.24) is 0 Å². The third-order valence-corrected chi connectivity index (χ3v) is 3.66. The van der Waals surface area contributed by atoms with Gasteiger partial charge in [0.15, 0.2) is 0 Å². The summed E-state index contributed by atoms with van der Waals surface area (Å²) in [6.07, 6.45) is 2.02. The van der Waals surface area contributed by atoms with Crippen LogP contribution in [0.15, 0.2) is 0 Å². The summed E-state index contributed by atoms with van der Waals surface area (Å²) >= 11 is 6.51. The SMILES string of the molecule is CCOC(=O)C(Br)CCCC(Br)C(=O)OCC. The van der Waals surface area contributed by atoms with Crippen LogP contribution in [0.2, 0.25) is 0 Å². The molecule has 0 aliphatic rings. The predicted molar refractivity (Wildman–Crippen MR) is 72.5 cm³/mol. The van der Waals surface area contributed by atoms with E-state index in [4.69, 9.17) is 9.47 Å². The van der Waals surface area contributed by atoms with Gasteiger partial charge in [0.1, 0.15) is 9.65 Å². The van der Waals surface area contributed by atoms with Crippen molar-refractivity contribution in [2.75, 3.05) is 13.2 Å². The van der Waals surface area contributed by atoms with E-state index in [2.05, 4.69) is 31.9 Å². The highest BCUT2D eigenvalue weighted by Gasteiger charge is 2.19. The van der Waals surface area contributed by atoms with Gasteiger partial charge in [-0.15, -0.1) is 0 Å². The van der Waals surface area contributed by atoms with Crippen LogP contribution in [0, 0.1) is 0 Å². The number of esters is 2. The molecule has 0 saturated heterocycles. The van der Waals surface area contributed by atoms with Crippen LogP contribution in [0.5, 0.6) is 0 Å². The molecule has 4 nitrogen and oxygen atoms in total. The molecular weight excluding hydrogens is 356 g/mol. The number of ether oxygens (including phenoxy) is 2. The van der Waals surface area contributed by atoms with E-state index in [-0.39, 0.29) is 21.6 Å². The Morgan fingerprint density at radius 3 is 1.59 bits per heavy atom. The summed E-state index contributed by atoms with van der Waals surface area (Å²) in [5.74, 6) is -0.510. The normalized spacial score (nSPS) is 13.9. The van der Waals surface area contributed by atoms with Gasteiger partial charge >= 0.3 is 11.9 Å². The minimum atomic E-state index is -0.302. The largest absolute Gasteiger partial charge is 0.465 e. The summed E-state index contributed by atoms with van der Waals surface area (Å²) in [5.41, 5.74) is 0. The van der Waals surface area contributed by atoms with Crippen LogP contribution in [0.3, 0.4) is 0 Å². The Balaban J connectivity index is 3.75. The first kappa shape index (κ1) is 16.9. The molecular formula is C11H18Br2O4. The molecule has 0 bridgehead atoms. The second-order valence-corrected chi connectivity index (χ2v) is 5.58. The smallest absolute Gasteiger partial charge is 0.319 e. The zero-order valence-corrected chi connectivity index (χ0v) is 13.3. The maximum Gasteiger partial charge on any atom is 0.319 e. The fraction of sp³-hybridized carbons (Fsp3) is 0.818. The number of alkyl halides is 2. The third-order valence-electron chi connectivity index (χ3n) is 2.00. The second-order valence-electron chi connectivity index (χ2n) is 3.37. The quantitative estimate of drug-likeness (QED) is 0.485. The Kier molecular flexibility index (Phi) is 9.82. The number of halogens is 2. The monoisotopic (exact) mass is 372 g/mol. The average Bonchev–Trinajstić information content (AvgIpc) is 2.29. The molecule has 0 radical (unpaired) electrons. The van der Waals surface area contributed by atoms with Gasteiger partial charge in [-0.25, -0.2) is 0 Å². The van der Waals surface area contributed by atoms with E-state index in [1.54, 1.807) is 13.8 Å². The summed E-state index contributed by atoms with van der Waals surface area (Å²) < 4.78 is 9.72. The van der Waals surface area contributed by atoms with E-state index in [1.165, 1.54) is 0 Å². The van der Waals surface area contributed by atoms with Gasteiger partial charge in [-0.05, 0) is 26.7 Å². The molecule has 0 heterocycles.